The van der Waals surface area contributed by atoms with Crippen LogP contribution in [0.3, 0.4) is 0 Å². The topological polar surface area (TPSA) is 35.8 Å². The fourth-order valence-corrected chi connectivity index (χ4v) is 3.14. The Morgan fingerprint density at radius 2 is 2.18 bits per heavy atom. The van der Waals surface area contributed by atoms with Gasteiger partial charge in [-0.15, -0.1) is 11.3 Å². The summed E-state index contributed by atoms with van der Waals surface area (Å²) >= 11 is 1.68. The highest BCUT2D eigenvalue weighted by Crippen LogP contribution is 2.35. The number of nitriles is 1. The van der Waals surface area contributed by atoms with Gasteiger partial charge in [0.25, 0.3) is 0 Å². The van der Waals surface area contributed by atoms with Crippen molar-refractivity contribution in [3.8, 4) is 6.07 Å². The van der Waals surface area contributed by atoms with E-state index >= 15 is 0 Å². The largest absolute Gasteiger partial charge is 0.309 e. The summed E-state index contributed by atoms with van der Waals surface area (Å²) in [6, 6.07) is 4.83. The zero-order chi connectivity index (χ0) is 12.3. The summed E-state index contributed by atoms with van der Waals surface area (Å²) in [6.45, 7) is 5.64. The molecule has 1 aliphatic carbocycles. The molecule has 0 aliphatic heterocycles. The molecule has 0 unspecified atom stereocenters. The predicted octanol–water partition coefficient (Wildman–Crippen LogP) is 3.68. The third kappa shape index (κ3) is 3.55. The van der Waals surface area contributed by atoms with Crippen molar-refractivity contribution in [3.63, 3.8) is 0 Å². The second-order valence-electron chi connectivity index (χ2n) is 5.73. The fraction of sp³-hybridized carbons (Fsp3) is 0.643. The molecule has 3 heteroatoms. The monoisotopic (exact) mass is 248 g/mol. The molecule has 17 heavy (non-hydrogen) atoms. The molecule has 92 valence electrons. The lowest BCUT2D eigenvalue weighted by Crippen LogP contribution is -2.34. The molecule has 0 amide bonds. The van der Waals surface area contributed by atoms with Crippen LogP contribution in [0.2, 0.25) is 0 Å². The van der Waals surface area contributed by atoms with E-state index in [2.05, 4.69) is 25.2 Å². The minimum Gasteiger partial charge on any atom is -0.309 e. The smallest absolute Gasteiger partial charge is 0.100 e. The first-order valence-electron chi connectivity index (χ1n) is 6.30. The summed E-state index contributed by atoms with van der Waals surface area (Å²) in [4.78, 5) is 1.27. The molecule has 0 atom stereocenters. The normalized spacial score (nSPS) is 20.1. The van der Waals surface area contributed by atoms with Crippen molar-refractivity contribution in [2.24, 2.45) is 5.41 Å². The predicted molar refractivity (Wildman–Crippen MR) is 71.9 cm³/mol. The Morgan fingerprint density at radius 1 is 1.47 bits per heavy atom. The summed E-state index contributed by atoms with van der Waals surface area (Å²) in [5.41, 5.74) is 1.33. The van der Waals surface area contributed by atoms with Crippen molar-refractivity contribution in [3.05, 3.63) is 21.9 Å². The van der Waals surface area contributed by atoms with Crippen LogP contribution < -0.4 is 5.32 Å². The molecule has 0 radical (unpaired) electrons. The first kappa shape index (κ1) is 12.6. The third-order valence-electron chi connectivity index (χ3n) is 3.69. The highest BCUT2D eigenvalue weighted by atomic mass is 32.1. The lowest BCUT2D eigenvalue weighted by molar-refractivity contribution is 0.206. The van der Waals surface area contributed by atoms with Crippen LogP contribution >= 0.6 is 11.3 Å². The lowest BCUT2D eigenvalue weighted by Gasteiger charge is -2.34. The molecule has 1 aliphatic rings. The Hall–Kier alpha value is -0.850. The second kappa shape index (κ2) is 5.20. The van der Waals surface area contributed by atoms with Crippen molar-refractivity contribution < 1.29 is 0 Å². The fourth-order valence-electron chi connectivity index (χ4n) is 2.38. The molecule has 1 fully saturated rings. The summed E-state index contributed by atoms with van der Waals surface area (Å²) in [5, 5.41) is 14.3. The average Bonchev–Trinajstić information content (AvgIpc) is 2.75. The van der Waals surface area contributed by atoms with E-state index in [0.717, 1.165) is 12.1 Å². The maximum absolute atomic E-state index is 8.76. The van der Waals surface area contributed by atoms with Gasteiger partial charge < -0.3 is 5.32 Å². The van der Waals surface area contributed by atoms with Crippen molar-refractivity contribution in [2.45, 2.75) is 52.1 Å². The summed E-state index contributed by atoms with van der Waals surface area (Å²) in [6.07, 6.45) is 5.20. The molecule has 1 heterocycles. The summed E-state index contributed by atoms with van der Waals surface area (Å²) in [5.74, 6) is 0. The van der Waals surface area contributed by atoms with Crippen LogP contribution in [0.1, 0.15) is 50.0 Å². The molecule has 0 saturated heterocycles. The van der Waals surface area contributed by atoms with Crippen molar-refractivity contribution in [2.75, 3.05) is 0 Å². The van der Waals surface area contributed by atoms with Gasteiger partial charge in [0, 0.05) is 22.8 Å². The van der Waals surface area contributed by atoms with Crippen LogP contribution in [0.25, 0.3) is 0 Å². The number of nitrogens with one attached hydrogen (secondary N) is 1. The first-order chi connectivity index (χ1) is 8.09. The van der Waals surface area contributed by atoms with Crippen molar-refractivity contribution in [1.29, 1.82) is 5.26 Å². The van der Waals surface area contributed by atoms with Gasteiger partial charge in [-0.3, -0.25) is 0 Å². The van der Waals surface area contributed by atoms with Gasteiger partial charge in [-0.25, -0.2) is 0 Å². The van der Waals surface area contributed by atoms with Crippen molar-refractivity contribution >= 4 is 11.3 Å². The van der Waals surface area contributed by atoms with Gasteiger partial charge in [0.15, 0.2) is 0 Å². The van der Waals surface area contributed by atoms with Crippen LogP contribution in [0, 0.1) is 16.7 Å². The van der Waals surface area contributed by atoms with Crippen LogP contribution in [0.5, 0.6) is 0 Å². The molecule has 1 aromatic rings. The van der Waals surface area contributed by atoms with Gasteiger partial charge in [-0.05, 0) is 37.2 Å². The zero-order valence-electron chi connectivity index (χ0n) is 10.6. The van der Waals surface area contributed by atoms with E-state index in [4.69, 9.17) is 5.26 Å². The highest BCUT2D eigenvalue weighted by Gasteiger charge is 2.26. The van der Waals surface area contributed by atoms with E-state index in [-0.39, 0.29) is 0 Å². The van der Waals surface area contributed by atoms with E-state index in [1.54, 1.807) is 11.3 Å². The van der Waals surface area contributed by atoms with Gasteiger partial charge in [0.2, 0.25) is 0 Å². The van der Waals surface area contributed by atoms with Gasteiger partial charge >= 0.3 is 0 Å². The van der Waals surface area contributed by atoms with Gasteiger partial charge in [-0.1, -0.05) is 13.8 Å². The molecule has 0 bridgehead atoms. The molecule has 1 N–H and O–H groups in total. The quantitative estimate of drug-likeness (QED) is 0.885. The molecule has 1 aromatic heterocycles. The summed E-state index contributed by atoms with van der Waals surface area (Å²) in [7, 11) is 0. The Kier molecular flexibility index (Phi) is 3.86. The average molecular weight is 248 g/mol. The summed E-state index contributed by atoms with van der Waals surface area (Å²) < 4.78 is 0. The van der Waals surface area contributed by atoms with Gasteiger partial charge in [0.1, 0.15) is 6.07 Å². The van der Waals surface area contributed by atoms with Crippen LogP contribution in [0.4, 0.5) is 0 Å². The van der Waals surface area contributed by atoms with Crippen LogP contribution in [-0.2, 0) is 6.54 Å². The van der Waals surface area contributed by atoms with E-state index < -0.39 is 0 Å². The first-order valence-corrected chi connectivity index (χ1v) is 7.18. The molecule has 2 rings (SSSR count). The standard InChI is InChI=1S/C14H20N2S/c1-14(2)5-3-12(4-6-14)16-9-13-7-11(8-15)10-17-13/h7,10,12,16H,3-6,9H2,1-2H3. The number of rotatable bonds is 3. The maximum Gasteiger partial charge on any atom is 0.100 e. The minimum absolute atomic E-state index is 0.537. The molecular formula is C14H20N2S. The lowest BCUT2D eigenvalue weighted by atomic mass is 9.75. The molecule has 2 nitrogen and oxygen atoms in total. The van der Waals surface area contributed by atoms with Gasteiger partial charge in [-0.2, -0.15) is 5.26 Å². The van der Waals surface area contributed by atoms with Crippen LogP contribution in [-0.4, -0.2) is 6.04 Å². The Morgan fingerprint density at radius 3 is 2.76 bits per heavy atom. The van der Waals surface area contributed by atoms with Crippen molar-refractivity contribution in [1.82, 2.24) is 5.32 Å². The number of hydrogen-bond donors (Lipinski definition) is 1. The number of nitrogens with zero attached hydrogens (tertiary/aromatic N) is 1. The highest BCUT2D eigenvalue weighted by molar-refractivity contribution is 7.10. The molecule has 1 saturated carbocycles. The van der Waals surface area contributed by atoms with E-state index in [1.807, 2.05) is 11.4 Å². The van der Waals surface area contributed by atoms with E-state index in [1.165, 1.54) is 30.6 Å². The number of thiophene rings is 1. The third-order valence-corrected chi connectivity index (χ3v) is 4.62. The minimum atomic E-state index is 0.537. The molecule has 0 aromatic carbocycles. The van der Waals surface area contributed by atoms with E-state index in [0.29, 0.717) is 11.5 Å². The SMILES string of the molecule is CC1(C)CCC(NCc2cc(C#N)cs2)CC1. The van der Waals surface area contributed by atoms with Gasteiger partial charge in [0.05, 0.1) is 5.56 Å². The Balaban J connectivity index is 1.78. The van der Waals surface area contributed by atoms with Crippen LogP contribution in [0.15, 0.2) is 11.4 Å². The molecular weight excluding hydrogens is 228 g/mol. The molecule has 0 spiro atoms. The Labute approximate surface area is 108 Å². The number of hydrogen-bond acceptors (Lipinski definition) is 3. The second-order valence-corrected chi connectivity index (χ2v) is 6.73. The zero-order valence-corrected chi connectivity index (χ0v) is 11.4. The Bertz CT molecular complexity index is 404. The maximum atomic E-state index is 8.76. The van der Waals surface area contributed by atoms with E-state index in [9.17, 15) is 0 Å².